The van der Waals surface area contributed by atoms with Gasteiger partial charge in [0, 0.05) is 20.5 Å². The van der Waals surface area contributed by atoms with E-state index < -0.39 is 0 Å². The van der Waals surface area contributed by atoms with Crippen molar-refractivity contribution in [2.24, 2.45) is 0 Å². The fourth-order valence-corrected chi connectivity index (χ4v) is 2.75. The summed E-state index contributed by atoms with van der Waals surface area (Å²) in [6.45, 7) is 0. The van der Waals surface area contributed by atoms with Crippen LogP contribution >= 0.6 is 22.9 Å². The van der Waals surface area contributed by atoms with Crippen molar-refractivity contribution in [3.8, 4) is 0 Å². The molecule has 0 fully saturated rings. The third kappa shape index (κ3) is 1.33. The van der Waals surface area contributed by atoms with Crippen molar-refractivity contribution in [2.75, 3.05) is 0 Å². The van der Waals surface area contributed by atoms with E-state index in [0.717, 1.165) is 9.58 Å². The topological polar surface area (TPSA) is 17.1 Å². The van der Waals surface area contributed by atoms with Crippen LogP contribution in [0.15, 0.2) is 18.2 Å². The number of hydrogen-bond acceptors (Lipinski definition) is 2. The van der Waals surface area contributed by atoms with E-state index in [1.807, 2.05) is 0 Å². The Morgan fingerprint density at radius 3 is 2.93 bits per heavy atom. The maximum Gasteiger partial charge on any atom is 0.151 e. The van der Waals surface area contributed by atoms with Gasteiger partial charge in [0.15, 0.2) is 6.29 Å². The molecule has 72 valence electrons. The first kappa shape index (κ1) is 9.62. The number of fused-ring (bicyclic) bond motifs is 1. The highest BCUT2D eigenvalue weighted by molar-refractivity contribution is 7.19. The molecule has 1 nitrogen and oxygen atoms in total. The minimum atomic E-state index is -0.364. The summed E-state index contributed by atoms with van der Waals surface area (Å²) in [4.78, 5) is 11.5. The lowest BCUT2D eigenvalue weighted by Gasteiger charge is -1.92. The van der Waals surface area contributed by atoms with Gasteiger partial charge in [-0.2, -0.15) is 0 Å². The van der Waals surface area contributed by atoms with E-state index in [9.17, 15) is 9.18 Å². The SMILES string of the molecule is O=Cc1c(CCl)sc2cccc(F)c12. The van der Waals surface area contributed by atoms with Gasteiger partial charge in [-0.3, -0.25) is 4.79 Å². The molecule has 0 aliphatic heterocycles. The van der Waals surface area contributed by atoms with Crippen LogP contribution < -0.4 is 0 Å². The van der Waals surface area contributed by atoms with Crippen molar-refractivity contribution < 1.29 is 9.18 Å². The molecule has 0 N–H and O–H groups in total. The molecule has 1 aromatic heterocycles. The van der Waals surface area contributed by atoms with Crippen LogP contribution in [-0.2, 0) is 5.88 Å². The number of carbonyl (C=O) groups is 1. The lowest BCUT2D eigenvalue weighted by Crippen LogP contribution is -1.84. The molecule has 0 amide bonds. The molecule has 0 saturated carbocycles. The minimum Gasteiger partial charge on any atom is -0.298 e. The van der Waals surface area contributed by atoms with E-state index in [1.54, 1.807) is 12.1 Å². The number of thiophene rings is 1. The molecule has 2 aromatic rings. The number of alkyl halides is 1. The fraction of sp³-hybridized carbons (Fsp3) is 0.100. The molecule has 0 radical (unpaired) electrons. The van der Waals surface area contributed by atoms with Gasteiger partial charge in [-0.25, -0.2) is 4.39 Å². The van der Waals surface area contributed by atoms with E-state index in [4.69, 9.17) is 11.6 Å². The summed E-state index contributed by atoms with van der Waals surface area (Å²) < 4.78 is 14.2. The van der Waals surface area contributed by atoms with Gasteiger partial charge in [0.25, 0.3) is 0 Å². The van der Waals surface area contributed by atoms with Gasteiger partial charge >= 0.3 is 0 Å². The average Bonchev–Trinajstić information content (AvgIpc) is 2.56. The van der Waals surface area contributed by atoms with Crippen LogP contribution in [0.3, 0.4) is 0 Å². The summed E-state index contributed by atoms with van der Waals surface area (Å²) >= 11 is 7.02. The van der Waals surface area contributed by atoms with Crippen molar-refractivity contribution in [3.63, 3.8) is 0 Å². The monoisotopic (exact) mass is 228 g/mol. The van der Waals surface area contributed by atoms with Crippen LogP contribution in [0.5, 0.6) is 0 Å². The minimum absolute atomic E-state index is 0.243. The first-order valence-corrected chi connectivity index (χ1v) is 5.34. The second-order valence-corrected chi connectivity index (χ2v) is 4.21. The Morgan fingerprint density at radius 2 is 2.29 bits per heavy atom. The van der Waals surface area contributed by atoms with Crippen LogP contribution in [0, 0.1) is 5.82 Å². The highest BCUT2D eigenvalue weighted by Crippen LogP contribution is 2.32. The quantitative estimate of drug-likeness (QED) is 0.567. The molecule has 0 bridgehead atoms. The maximum absolute atomic E-state index is 13.4. The highest BCUT2D eigenvalue weighted by atomic mass is 35.5. The summed E-state index contributed by atoms with van der Waals surface area (Å²) in [7, 11) is 0. The predicted molar refractivity (Wildman–Crippen MR) is 56.7 cm³/mol. The van der Waals surface area contributed by atoms with Crippen molar-refractivity contribution in [1.82, 2.24) is 0 Å². The summed E-state index contributed by atoms with van der Waals surface area (Å²) in [5.74, 6) is -0.121. The molecule has 2 rings (SSSR count). The molecule has 1 aromatic carbocycles. The second-order valence-electron chi connectivity index (χ2n) is 2.80. The summed E-state index contributed by atoms with van der Waals surface area (Å²) in [6.07, 6.45) is 0.666. The Morgan fingerprint density at radius 1 is 1.50 bits per heavy atom. The highest BCUT2D eigenvalue weighted by Gasteiger charge is 2.13. The van der Waals surface area contributed by atoms with Crippen molar-refractivity contribution in [2.45, 2.75) is 5.88 Å². The predicted octanol–water partition coefficient (Wildman–Crippen LogP) is 3.59. The van der Waals surface area contributed by atoms with Gasteiger partial charge in [-0.1, -0.05) is 6.07 Å². The third-order valence-electron chi connectivity index (χ3n) is 2.02. The Hall–Kier alpha value is -0.930. The zero-order valence-electron chi connectivity index (χ0n) is 7.09. The molecular formula is C10H6ClFOS. The van der Waals surface area contributed by atoms with Crippen molar-refractivity contribution in [1.29, 1.82) is 0 Å². The number of hydrogen-bond donors (Lipinski definition) is 0. The molecule has 14 heavy (non-hydrogen) atoms. The fourth-order valence-electron chi connectivity index (χ4n) is 1.40. The van der Waals surface area contributed by atoms with E-state index in [2.05, 4.69) is 0 Å². The van der Waals surface area contributed by atoms with Crippen molar-refractivity contribution >= 4 is 39.3 Å². The van der Waals surface area contributed by atoms with Crippen molar-refractivity contribution in [3.05, 3.63) is 34.5 Å². The van der Waals surface area contributed by atoms with Gasteiger partial charge in [0.2, 0.25) is 0 Å². The zero-order valence-corrected chi connectivity index (χ0v) is 8.66. The number of aldehydes is 1. The molecule has 0 aliphatic carbocycles. The van der Waals surface area contributed by atoms with Crippen LogP contribution in [0.4, 0.5) is 4.39 Å². The molecule has 0 spiro atoms. The third-order valence-corrected chi connectivity index (χ3v) is 3.61. The molecule has 4 heteroatoms. The summed E-state index contributed by atoms with van der Waals surface area (Å²) in [6, 6.07) is 4.76. The lowest BCUT2D eigenvalue weighted by molar-refractivity contribution is 0.112. The molecule has 0 atom stereocenters. The van der Waals surface area contributed by atoms with Crippen LogP contribution in [0.25, 0.3) is 10.1 Å². The normalized spacial score (nSPS) is 10.7. The number of halogens is 2. The Kier molecular flexibility index (Phi) is 2.52. The van der Waals surface area contributed by atoms with Crippen LogP contribution in [-0.4, -0.2) is 6.29 Å². The van der Waals surface area contributed by atoms with E-state index in [-0.39, 0.29) is 11.7 Å². The smallest absolute Gasteiger partial charge is 0.151 e. The van der Waals surface area contributed by atoms with Gasteiger partial charge in [-0.15, -0.1) is 22.9 Å². The number of rotatable bonds is 2. The van der Waals surface area contributed by atoms with Crippen LogP contribution in [0.1, 0.15) is 15.2 Å². The maximum atomic E-state index is 13.4. The number of benzene rings is 1. The molecule has 0 unspecified atom stereocenters. The Bertz CT molecular complexity index is 492. The van der Waals surface area contributed by atoms with Gasteiger partial charge in [0.1, 0.15) is 5.82 Å². The molecule has 1 heterocycles. The average molecular weight is 229 g/mol. The molecular weight excluding hydrogens is 223 g/mol. The summed E-state index contributed by atoms with van der Waals surface area (Å²) in [5.41, 5.74) is 0.387. The largest absolute Gasteiger partial charge is 0.298 e. The molecule has 0 saturated heterocycles. The van der Waals surface area contributed by atoms with Crippen LogP contribution in [0.2, 0.25) is 0 Å². The van der Waals surface area contributed by atoms with E-state index in [1.165, 1.54) is 17.4 Å². The van der Waals surface area contributed by atoms with Gasteiger partial charge in [0.05, 0.1) is 5.88 Å². The van der Waals surface area contributed by atoms with Gasteiger partial charge in [-0.05, 0) is 12.1 Å². The first-order chi connectivity index (χ1) is 6.77. The molecule has 0 aliphatic rings. The second kappa shape index (κ2) is 3.67. The standard InChI is InChI=1S/C10H6ClFOS/c11-4-9-6(5-13)10-7(12)2-1-3-8(10)14-9/h1-3,5H,4H2. The Labute approximate surface area is 89.1 Å². The van der Waals surface area contributed by atoms with E-state index in [0.29, 0.717) is 17.2 Å². The lowest BCUT2D eigenvalue weighted by atomic mass is 10.1. The zero-order chi connectivity index (χ0) is 10.1. The van der Waals surface area contributed by atoms with Gasteiger partial charge < -0.3 is 0 Å². The first-order valence-electron chi connectivity index (χ1n) is 3.99. The number of carbonyl (C=O) groups excluding carboxylic acids is 1. The summed E-state index contributed by atoms with van der Waals surface area (Å²) in [5, 5.41) is 0.392. The Balaban J connectivity index is 2.88. The van der Waals surface area contributed by atoms with E-state index >= 15 is 0 Å².